The Kier molecular flexibility index (Phi) is 4.01. The monoisotopic (exact) mass is 277 g/mol. The van der Waals surface area contributed by atoms with E-state index in [-0.39, 0.29) is 5.56 Å². The van der Waals surface area contributed by atoms with Crippen LogP contribution in [0, 0.1) is 6.92 Å². The molecule has 0 aliphatic rings. The summed E-state index contributed by atoms with van der Waals surface area (Å²) in [5, 5.41) is 15.1. The Morgan fingerprint density at radius 2 is 2.32 bits per heavy atom. The fourth-order valence-electron chi connectivity index (χ4n) is 1.68. The minimum atomic E-state index is -0.975. The zero-order valence-electron chi connectivity index (χ0n) is 10.5. The highest BCUT2D eigenvalue weighted by atomic mass is 32.1. The predicted octanol–water partition coefficient (Wildman–Crippen LogP) is 2.39. The van der Waals surface area contributed by atoms with Crippen molar-refractivity contribution >= 4 is 28.7 Å². The number of nitrogens with two attached hydrogens (primary N) is 1. The first kappa shape index (κ1) is 13.4. The highest BCUT2D eigenvalue weighted by molar-refractivity contribution is 7.09. The zero-order valence-corrected chi connectivity index (χ0v) is 11.3. The first-order valence-electron chi connectivity index (χ1n) is 5.84. The number of aryl methyl sites for hydroxylation is 1. The first-order valence-corrected chi connectivity index (χ1v) is 6.72. The number of benzene rings is 1. The van der Waals surface area contributed by atoms with Gasteiger partial charge in [0.05, 0.1) is 21.9 Å². The van der Waals surface area contributed by atoms with E-state index in [0.29, 0.717) is 12.2 Å². The highest BCUT2D eigenvalue weighted by Crippen LogP contribution is 2.20. The van der Waals surface area contributed by atoms with E-state index in [4.69, 9.17) is 10.8 Å². The van der Waals surface area contributed by atoms with E-state index in [1.807, 2.05) is 12.3 Å². The molecule has 2 rings (SSSR count). The number of nitrogen functional groups attached to an aromatic ring is 1. The van der Waals surface area contributed by atoms with Gasteiger partial charge in [0, 0.05) is 24.0 Å². The third kappa shape index (κ3) is 3.45. The van der Waals surface area contributed by atoms with Gasteiger partial charge in [0.15, 0.2) is 0 Å². The third-order valence-corrected chi connectivity index (χ3v) is 3.65. The fourth-order valence-corrected chi connectivity index (χ4v) is 2.45. The predicted molar refractivity (Wildman–Crippen MR) is 76.9 cm³/mol. The van der Waals surface area contributed by atoms with Gasteiger partial charge in [0.2, 0.25) is 0 Å². The normalized spacial score (nSPS) is 10.4. The summed E-state index contributed by atoms with van der Waals surface area (Å²) in [5.41, 5.74) is 8.22. The Bertz CT molecular complexity index is 595. The van der Waals surface area contributed by atoms with Crippen LogP contribution in [0.25, 0.3) is 0 Å². The fraction of sp³-hybridized carbons (Fsp3) is 0.231. The lowest BCUT2D eigenvalue weighted by Gasteiger charge is -2.09. The molecule has 0 aliphatic heterocycles. The van der Waals surface area contributed by atoms with Crippen LogP contribution in [0.4, 0.5) is 11.4 Å². The molecule has 0 atom stereocenters. The Labute approximate surface area is 115 Å². The molecule has 0 aliphatic carbocycles. The summed E-state index contributed by atoms with van der Waals surface area (Å²) in [6, 6.07) is 4.68. The van der Waals surface area contributed by atoms with Gasteiger partial charge in [-0.1, -0.05) is 0 Å². The summed E-state index contributed by atoms with van der Waals surface area (Å²) < 4.78 is 0. The molecule has 1 aromatic carbocycles. The summed E-state index contributed by atoms with van der Waals surface area (Å²) in [6.45, 7) is 2.68. The highest BCUT2D eigenvalue weighted by Gasteiger charge is 2.06. The molecule has 6 heteroatoms. The molecule has 0 amide bonds. The number of thiazole rings is 1. The summed E-state index contributed by atoms with van der Waals surface area (Å²) in [7, 11) is 0. The molecule has 100 valence electrons. The molecular formula is C13H15N3O2S. The SMILES string of the molecule is Cc1csc(CCNc2ccc(C(=O)O)cc2N)n1. The molecule has 0 saturated carbocycles. The molecule has 5 nitrogen and oxygen atoms in total. The molecule has 0 saturated heterocycles. The second kappa shape index (κ2) is 5.71. The molecule has 0 unspecified atom stereocenters. The van der Waals surface area contributed by atoms with Crippen molar-refractivity contribution in [2.45, 2.75) is 13.3 Å². The minimum Gasteiger partial charge on any atom is -0.478 e. The second-order valence-corrected chi connectivity index (χ2v) is 5.11. The van der Waals surface area contributed by atoms with E-state index >= 15 is 0 Å². The third-order valence-electron chi connectivity index (χ3n) is 2.62. The molecule has 0 spiro atoms. The van der Waals surface area contributed by atoms with Gasteiger partial charge in [-0.25, -0.2) is 9.78 Å². The van der Waals surface area contributed by atoms with Crippen molar-refractivity contribution in [2.75, 3.05) is 17.6 Å². The lowest BCUT2D eigenvalue weighted by Crippen LogP contribution is -2.08. The van der Waals surface area contributed by atoms with Crippen LogP contribution in [0.1, 0.15) is 21.1 Å². The van der Waals surface area contributed by atoms with Crippen LogP contribution >= 0.6 is 11.3 Å². The van der Waals surface area contributed by atoms with Gasteiger partial charge in [-0.15, -0.1) is 11.3 Å². The number of anilines is 2. The van der Waals surface area contributed by atoms with E-state index in [2.05, 4.69) is 10.3 Å². The van der Waals surface area contributed by atoms with Crippen molar-refractivity contribution in [1.82, 2.24) is 4.98 Å². The number of aromatic carboxylic acids is 1. The van der Waals surface area contributed by atoms with Gasteiger partial charge >= 0.3 is 5.97 Å². The Morgan fingerprint density at radius 3 is 2.89 bits per heavy atom. The molecule has 1 heterocycles. The molecule has 4 N–H and O–H groups in total. The van der Waals surface area contributed by atoms with Gasteiger partial charge < -0.3 is 16.2 Å². The van der Waals surface area contributed by atoms with Crippen LogP contribution in [-0.2, 0) is 6.42 Å². The van der Waals surface area contributed by atoms with Gasteiger partial charge in [-0.2, -0.15) is 0 Å². The number of aromatic nitrogens is 1. The number of rotatable bonds is 5. The molecule has 0 fully saturated rings. The average molecular weight is 277 g/mol. The Hall–Kier alpha value is -2.08. The van der Waals surface area contributed by atoms with E-state index < -0.39 is 5.97 Å². The van der Waals surface area contributed by atoms with Gasteiger partial charge in [-0.05, 0) is 25.1 Å². The van der Waals surface area contributed by atoms with Crippen LogP contribution < -0.4 is 11.1 Å². The van der Waals surface area contributed by atoms with Crippen molar-refractivity contribution < 1.29 is 9.90 Å². The summed E-state index contributed by atoms with van der Waals surface area (Å²) in [4.78, 5) is 15.2. The van der Waals surface area contributed by atoms with Crippen molar-refractivity contribution in [1.29, 1.82) is 0 Å². The van der Waals surface area contributed by atoms with Gasteiger partial charge in [0.1, 0.15) is 0 Å². The number of carboxylic acid groups (broad SMARTS) is 1. The standard InChI is InChI=1S/C13H15N3O2S/c1-8-7-19-12(16-8)4-5-15-11-3-2-9(13(17)18)6-10(11)14/h2-3,6-7,15H,4-5,14H2,1H3,(H,17,18). The molecule has 0 bridgehead atoms. The minimum absolute atomic E-state index is 0.193. The molecule has 19 heavy (non-hydrogen) atoms. The van der Waals surface area contributed by atoms with Crippen LogP contribution in [0.3, 0.4) is 0 Å². The largest absolute Gasteiger partial charge is 0.478 e. The number of hydrogen-bond donors (Lipinski definition) is 3. The van der Waals surface area contributed by atoms with Gasteiger partial charge in [0.25, 0.3) is 0 Å². The topological polar surface area (TPSA) is 88.2 Å². The van der Waals surface area contributed by atoms with E-state index in [1.54, 1.807) is 17.4 Å². The van der Waals surface area contributed by atoms with Crippen molar-refractivity contribution in [3.8, 4) is 0 Å². The van der Waals surface area contributed by atoms with Crippen molar-refractivity contribution in [3.63, 3.8) is 0 Å². The number of carbonyl (C=O) groups is 1. The number of carboxylic acids is 1. The Morgan fingerprint density at radius 1 is 1.53 bits per heavy atom. The average Bonchev–Trinajstić information content (AvgIpc) is 2.77. The first-order chi connectivity index (χ1) is 9.06. The maximum Gasteiger partial charge on any atom is 0.335 e. The van der Waals surface area contributed by atoms with Crippen molar-refractivity contribution in [2.24, 2.45) is 0 Å². The lowest BCUT2D eigenvalue weighted by molar-refractivity contribution is 0.0697. The maximum absolute atomic E-state index is 10.8. The Balaban J connectivity index is 1.94. The number of hydrogen-bond acceptors (Lipinski definition) is 5. The van der Waals surface area contributed by atoms with Crippen molar-refractivity contribution in [3.05, 3.63) is 39.8 Å². The molecular weight excluding hydrogens is 262 g/mol. The second-order valence-electron chi connectivity index (χ2n) is 4.17. The smallest absolute Gasteiger partial charge is 0.335 e. The lowest BCUT2D eigenvalue weighted by atomic mass is 10.1. The molecule has 2 aromatic rings. The van der Waals surface area contributed by atoms with Crippen LogP contribution in [0.15, 0.2) is 23.6 Å². The van der Waals surface area contributed by atoms with Crippen LogP contribution in [0.5, 0.6) is 0 Å². The quantitative estimate of drug-likeness (QED) is 0.730. The van der Waals surface area contributed by atoms with E-state index in [0.717, 1.165) is 22.8 Å². The summed E-state index contributed by atoms with van der Waals surface area (Å²) >= 11 is 1.64. The van der Waals surface area contributed by atoms with E-state index in [1.165, 1.54) is 12.1 Å². The van der Waals surface area contributed by atoms with Gasteiger partial charge in [-0.3, -0.25) is 0 Å². The van der Waals surface area contributed by atoms with E-state index in [9.17, 15) is 4.79 Å². The van der Waals surface area contributed by atoms with Crippen LogP contribution in [-0.4, -0.2) is 22.6 Å². The number of nitrogens with zero attached hydrogens (tertiary/aromatic N) is 1. The zero-order chi connectivity index (χ0) is 13.8. The molecule has 0 radical (unpaired) electrons. The molecule has 1 aromatic heterocycles. The number of nitrogens with one attached hydrogen (secondary N) is 1. The summed E-state index contributed by atoms with van der Waals surface area (Å²) in [6.07, 6.45) is 0.818. The van der Waals surface area contributed by atoms with Crippen LogP contribution in [0.2, 0.25) is 0 Å². The summed E-state index contributed by atoms with van der Waals surface area (Å²) in [5.74, 6) is -0.975. The maximum atomic E-state index is 10.8.